The summed E-state index contributed by atoms with van der Waals surface area (Å²) in [6.45, 7) is 32.1. The molecule has 0 aromatic carbocycles. The van der Waals surface area contributed by atoms with E-state index in [1.54, 1.807) is 41.5 Å². The first kappa shape index (κ1) is 45.4. The van der Waals surface area contributed by atoms with E-state index in [1.807, 2.05) is 62.3 Å². The maximum Gasteiger partial charge on any atom is 0.311 e. The van der Waals surface area contributed by atoms with Crippen LogP contribution in [0.4, 0.5) is 0 Å². The van der Waals surface area contributed by atoms with Crippen molar-refractivity contribution in [3.05, 3.63) is 12.7 Å². The first-order valence-electron chi connectivity index (χ1n) is 12.0. The third-order valence-corrected chi connectivity index (χ3v) is 6.39. The molecule has 0 radical (unpaired) electrons. The van der Waals surface area contributed by atoms with Gasteiger partial charge in [0.05, 0.1) is 10.2 Å². The van der Waals surface area contributed by atoms with E-state index in [-0.39, 0.29) is 36.0 Å². The van der Waals surface area contributed by atoms with Crippen LogP contribution in [0, 0.1) is 16.2 Å². The summed E-state index contributed by atoms with van der Waals surface area (Å²) in [5, 5.41) is 8.81. The lowest BCUT2D eigenvalue weighted by Gasteiger charge is -2.25. The number of hydrogen-bond acceptors (Lipinski definition) is 7. The van der Waals surface area contributed by atoms with Crippen molar-refractivity contribution in [1.82, 2.24) is 0 Å². The molecule has 0 aliphatic carbocycles. The lowest BCUT2D eigenvalue weighted by atomic mass is 9.88. The number of aliphatic hydroxyl groups excluding tert-OH is 1. The van der Waals surface area contributed by atoms with Gasteiger partial charge in [0.2, 0.25) is 0 Å². The van der Waals surface area contributed by atoms with E-state index in [0.29, 0.717) is 0 Å². The highest BCUT2D eigenvalue weighted by Crippen LogP contribution is 2.20. The van der Waals surface area contributed by atoms with Gasteiger partial charge in [-0.2, -0.15) is 0 Å². The summed E-state index contributed by atoms with van der Waals surface area (Å²) in [5.74, 6) is -0.162. The summed E-state index contributed by atoms with van der Waals surface area (Å²) in [6, 6.07) is 0. The van der Waals surface area contributed by atoms with Crippen molar-refractivity contribution in [3.63, 3.8) is 0 Å². The Bertz CT molecular complexity index is 801. The van der Waals surface area contributed by atoms with E-state index in [2.05, 4.69) is 6.58 Å². The van der Waals surface area contributed by atoms with Gasteiger partial charge in [0.1, 0.15) is 11.7 Å². The summed E-state index contributed by atoms with van der Waals surface area (Å²) in [5.41, 5.74) is -1.42. The second-order valence-corrected chi connectivity index (χ2v) is 16.5. The van der Waals surface area contributed by atoms with Crippen LogP contribution in [0.3, 0.4) is 0 Å². The molecule has 0 rings (SSSR count). The van der Waals surface area contributed by atoms with E-state index in [9.17, 15) is 22.8 Å². The fourth-order valence-electron chi connectivity index (χ4n) is 1.36. The van der Waals surface area contributed by atoms with E-state index in [0.717, 1.165) is 0 Å². The molecule has 0 amide bonds. The molecule has 0 aliphatic rings. The number of sulfone groups is 1. The summed E-state index contributed by atoms with van der Waals surface area (Å²) < 4.78 is 25.9. The lowest BCUT2D eigenvalue weighted by Crippen LogP contribution is -2.31. The molecule has 7 nitrogen and oxygen atoms in total. The second-order valence-electron chi connectivity index (χ2n) is 13.7. The van der Waals surface area contributed by atoms with Crippen molar-refractivity contribution in [1.29, 1.82) is 0 Å². The van der Waals surface area contributed by atoms with E-state index in [1.165, 1.54) is 19.3 Å². The van der Waals surface area contributed by atoms with Gasteiger partial charge >= 0.3 is 5.97 Å². The minimum Gasteiger partial charge on any atom is -0.460 e. The van der Waals surface area contributed by atoms with Crippen LogP contribution in [0.25, 0.3) is 0 Å². The molecule has 0 saturated heterocycles. The molecule has 1 N–H and O–H groups in total. The first-order chi connectivity index (χ1) is 15.2. The summed E-state index contributed by atoms with van der Waals surface area (Å²) in [4.78, 5) is 32.9. The molecule has 37 heavy (non-hydrogen) atoms. The maximum absolute atomic E-state index is 11.3. The fraction of sp³-hybridized carbons (Fsp3) is 0.828. The molecule has 0 bridgehead atoms. The zero-order valence-corrected chi connectivity index (χ0v) is 27.0. The third kappa shape index (κ3) is 27.3. The van der Waals surface area contributed by atoms with Crippen LogP contribution in [0.2, 0.25) is 0 Å². The number of Topliss-reactive ketones (excluding diaryl/α,β-unsaturated/α-hetero) is 1. The van der Waals surface area contributed by atoms with Gasteiger partial charge in [-0.05, 0) is 75.3 Å². The van der Waals surface area contributed by atoms with Gasteiger partial charge in [0.15, 0.2) is 21.4 Å². The zero-order chi connectivity index (χ0) is 30.7. The van der Waals surface area contributed by atoms with Crippen molar-refractivity contribution < 1.29 is 32.6 Å². The minimum atomic E-state index is -2.84. The standard InChI is InChI=1S/C9H18O2.C7H14O2.C7H12O.C5H12O2S.CH4/c1-8(2,3)7(10)11-9(4,5)6;1-5(8)6(9)7(2,3)4;1-5-6(8)7(2,3)4;1-5(2,3)8(4,6)7;/h1-6H3;5,8H,1-4H3;5H,1H2,2-4H3;1-4H3;1H4. The molecular formula is C29H60O7S. The Labute approximate surface area is 229 Å². The number of esters is 1. The Balaban J connectivity index is -0.000000123. The van der Waals surface area contributed by atoms with Crippen LogP contribution in [0.5, 0.6) is 0 Å². The quantitative estimate of drug-likeness (QED) is 0.303. The maximum atomic E-state index is 11.3. The number of hydrogen-bond donors (Lipinski definition) is 1. The summed E-state index contributed by atoms with van der Waals surface area (Å²) >= 11 is 0. The number of rotatable bonds is 2. The Morgan fingerprint density at radius 2 is 1.05 bits per heavy atom. The van der Waals surface area contributed by atoms with Gasteiger partial charge in [0, 0.05) is 17.1 Å². The predicted octanol–water partition coefficient (Wildman–Crippen LogP) is 6.61. The zero-order valence-electron chi connectivity index (χ0n) is 26.2. The lowest BCUT2D eigenvalue weighted by molar-refractivity contribution is -0.164. The van der Waals surface area contributed by atoms with Crippen molar-refractivity contribution in [3.8, 4) is 0 Å². The molecule has 0 aliphatic heterocycles. The van der Waals surface area contributed by atoms with Crippen molar-refractivity contribution >= 4 is 27.4 Å². The third-order valence-electron chi connectivity index (χ3n) is 4.17. The van der Waals surface area contributed by atoms with Crippen LogP contribution in [-0.2, 0) is 29.0 Å². The van der Waals surface area contributed by atoms with E-state index in [4.69, 9.17) is 9.84 Å². The first-order valence-corrected chi connectivity index (χ1v) is 13.9. The van der Waals surface area contributed by atoms with Crippen LogP contribution in [0.1, 0.15) is 118 Å². The van der Waals surface area contributed by atoms with Crippen molar-refractivity contribution in [2.75, 3.05) is 6.26 Å². The molecule has 0 aromatic rings. The average molecular weight is 553 g/mol. The molecule has 0 aromatic heterocycles. The molecule has 224 valence electrons. The molecular weight excluding hydrogens is 492 g/mol. The average Bonchev–Trinajstić information content (AvgIpc) is 2.56. The Morgan fingerprint density at radius 1 is 0.757 bits per heavy atom. The Hall–Kier alpha value is -1.54. The second kappa shape index (κ2) is 16.4. The monoisotopic (exact) mass is 552 g/mol. The van der Waals surface area contributed by atoms with Crippen molar-refractivity contribution in [2.24, 2.45) is 16.2 Å². The molecule has 0 saturated carbocycles. The van der Waals surface area contributed by atoms with Crippen molar-refractivity contribution in [2.45, 2.75) is 135 Å². The topological polar surface area (TPSA) is 115 Å². The molecule has 0 spiro atoms. The SMILES string of the molecule is C.C=CC(=O)C(C)(C)C.CC(C)(C)OC(=O)C(C)(C)C.CC(C)(C)S(C)(=O)=O.CC(O)C(=O)C(C)(C)C. The van der Waals surface area contributed by atoms with Gasteiger partial charge in [-0.15, -0.1) is 0 Å². The van der Waals surface area contributed by atoms with E-state index >= 15 is 0 Å². The smallest absolute Gasteiger partial charge is 0.311 e. The van der Waals surface area contributed by atoms with Crippen LogP contribution in [0.15, 0.2) is 12.7 Å². The molecule has 0 heterocycles. The fourth-order valence-corrected chi connectivity index (χ4v) is 1.36. The number of ether oxygens (including phenoxy) is 1. The largest absolute Gasteiger partial charge is 0.460 e. The number of carbonyl (C=O) groups excluding carboxylic acids is 3. The highest BCUT2D eigenvalue weighted by atomic mass is 32.2. The number of aliphatic hydroxyl groups is 1. The van der Waals surface area contributed by atoms with E-state index < -0.39 is 31.5 Å². The highest BCUT2D eigenvalue weighted by molar-refractivity contribution is 7.92. The molecule has 1 unspecified atom stereocenters. The summed E-state index contributed by atoms with van der Waals surface area (Å²) in [7, 11) is -2.84. The van der Waals surface area contributed by atoms with Gasteiger partial charge in [-0.1, -0.05) is 55.5 Å². The van der Waals surface area contributed by atoms with Crippen LogP contribution < -0.4 is 0 Å². The Morgan fingerprint density at radius 3 is 1.08 bits per heavy atom. The Kier molecular flexibility index (Phi) is 20.2. The molecule has 0 fully saturated rings. The number of allylic oxidation sites excluding steroid dienone is 1. The predicted molar refractivity (Wildman–Crippen MR) is 157 cm³/mol. The number of carbonyl (C=O) groups is 3. The van der Waals surface area contributed by atoms with Crippen LogP contribution >= 0.6 is 0 Å². The molecule has 8 heteroatoms. The van der Waals surface area contributed by atoms with Crippen LogP contribution in [-0.4, -0.2) is 53.8 Å². The molecule has 1 atom stereocenters. The van der Waals surface area contributed by atoms with Gasteiger partial charge < -0.3 is 9.84 Å². The normalized spacial score (nSPS) is 12.9. The number of ketones is 2. The highest BCUT2D eigenvalue weighted by Gasteiger charge is 2.27. The summed E-state index contributed by atoms with van der Waals surface area (Å²) in [6.07, 6.45) is 1.78. The van der Waals surface area contributed by atoms with Gasteiger partial charge in [-0.25, -0.2) is 8.42 Å². The minimum absolute atomic E-state index is 0. The van der Waals surface area contributed by atoms with Gasteiger partial charge in [-0.3, -0.25) is 14.4 Å². The van der Waals surface area contributed by atoms with Gasteiger partial charge in [0.25, 0.3) is 0 Å².